The summed E-state index contributed by atoms with van der Waals surface area (Å²) in [5.74, 6) is -0.969. The third-order valence-electron chi connectivity index (χ3n) is 27.0. The summed E-state index contributed by atoms with van der Waals surface area (Å²) in [7, 11) is 1.71. The van der Waals surface area contributed by atoms with Crippen molar-refractivity contribution in [1.82, 2.24) is 39.9 Å². The second kappa shape index (κ2) is 54.3. The molecule has 8 aliphatic heterocycles. The van der Waals surface area contributed by atoms with Crippen LogP contribution in [0.5, 0.6) is 5.75 Å². The van der Waals surface area contributed by atoms with Gasteiger partial charge in [0.15, 0.2) is 52.7 Å². The van der Waals surface area contributed by atoms with Crippen molar-refractivity contribution in [2.24, 2.45) is 0 Å². The van der Waals surface area contributed by atoms with Gasteiger partial charge in [0.05, 0.1) is 52.7 Å². The Morgan fingerprint density at radius 2 is 0.503 bits per heavy atom. The van der Waals surface area contributed by atoms with Crippen molar-refractivity contribution in [2.45, 2.75) is 175 Å². The topological polar surface area (TPSA) is 164 Å². The van der Waals surface area contributed by atoms with Crippen molar-refractivity contribution < 1.29 is 17.9 Å². The largest absolute Gasteiger partial charge is 0.496 e. The van der Waals surface area contributed by atoms with E-state index in [2.05, 4.69) is 205 Å². The Morgan fingerprint density at radius 3 is 0.841 bits per heavy atom. The number of thiazole rings is 8. The zero-order valence-electron chi connectivity index (χ0n) is 83.9. The number of halogens is 3. The number of nitrogens with zero attached hydrogens (tertiary/aromatic N) is 16. The SMILES string of the molecule is COc1ccccc1-c1csc(N2CCCCC2)n1.Cc1ccc(C)c(-c2csc(N3CCCCC3)n2)c1.Cc1cccc(-c2csc(N3CCCCC3)n2)c1.Fc1ccc(-c2csc(N3CCCCC3)n2)cc1.Fc1ccc(-c2csc(N3CCCCC3)n2)cc1F.Nc1ccccc1-c1csc(N2CCCCC2)n1.c1ccc(-c2csc(N3CCCCC3)n2)cc1.c1ccc(-c2csc(N3CCCCC3)n2)cc1. The highest BCUT2D eigenvalue weighted by molar-refractivity contribution is 7.16. The Balaban J connectivity index is 0.000000114. The van der Waals surface area contributed by atoms with Gasteiger partial charge in [0.2, 0.25) is 0 Å². The average molecular weight is 2100 g/mol. The minimum absolute atomic E-state index is 0.203. The van der Waals surface area contributed by atoms with E-state index in [0.29, 0.717) is 11.3 Å². The summed E-state index contributed by atoms with van der Waals surface area (Å²) >= 11 is 13.8. The van der Waals surface area contributed by atoms with Gasteiger partial charge in [-0.25, -0.2) is 53.0 Å². The molecule has 0 atom stereocenters. The molecule has 8 saturated heterocycles. The van der Waals surface area contributed by atoms with Crippen molar-refractivity contribution in [1.29, 1.82) is 0 Å². The fourth-order valence-electron chi connectivity index (χ4n) is 18.9. The number of nitrogens with two attached hydrogens (primary N) is 1. The van der Waals surface area contributed by atoms with E-state index in [1.54, 1.807) is 116 Å². The standard InChI is InChI=1S/C16H20N2S.C15H18N2OS.C15H18N2S.C14H14F2N2S.C14H15FN2S.C14H17N3S.2C14H16N2S/c1-12-6-7-13(2)14(10-12)15-11-19-16(17-15)18-8-4-3-5-9-18;1-18-14-8-4-3-7-12(14)13-11-19-15(16-13)17-9-5-2-6-10-17;1-12-6-5-7-13(10-12)14-11-18-15(16-14)17-8-3-2-4-9-17;15-11-5-4-10(8-12(11)16)13-9-19-14(17-13)18-6-2-1-3-7-18;15-12-6-4-11(5-7-12)13-10-18-14(16-13)17-8-2-1-3-9-17;15-12-7-3-2-6-11(12)13-10-18-14(16-13)17-8-4-1-5-9-17;2*1-3-7-12(8-4-1)13-11-17-14(15-13)16-9-5-2-6-10-16/h6-7,10-11H,3-5,8-9H2,1-2H3;3-4,7-8,11H,2,5-6,9-10H2,1H3;5-7,10-11H,2-4,8-9H2,1H3;4-5,8-9H,1-3,6-7H2;4-7,10H,1-3,8-9H2;2-3,6-7,10H,1,4-5,8-9,15H2;2*1,3-4,7-8,11H,2,5-6,9-10H2. The number of piperidine rings is 8. The van der Waals surface area contributed by atoms with Crippen LogP contribution in [0.1, 0.15) is 171 Å². The molecule has 0 amide bonds. The van der Waals surface area contributed by atoms with Gasteiger partial charge in [-0.15, -0.1) is 90.7 Å². The van der Waals surface area contributed by atoms with Crippen LogP contribution in [0.2, 0.25) is 0 Å². The lowest BCUT2D eigenvalue weighted by Gasteiger charge is -2.25. The third kappa shape index (κ3) is 30.0. The quantitative estimate of drug-likeness (QED) is 0.0855. The monoisotopic (exact) mass is 2090 g/mol. The summed E-state index contributed by atoms with van der Waals surface area (Å²) in [4.78, 5) is 56.9. The van der Waals surface area contributed by atoms with E-state index in [9.17, 15) is 13.2 Å². The van der Waals surface area contributed by atoms with Gasteiger partial charge in [0.25, 0.3) is 0 Å². The summed E-state index contributed by atoms with van der Waals surface area (Å²) < 4.78 is 44.4. The minimum Gasteiger partial charge on any atom is -0.496 e. The molecule has 24 rings (SSSR count). The zero-order valence-corrected chi connectivity index (χ0v) is 90.5. The number of methoxy groups -OCH3 is 1. The summed E-state index contributed by atoms with van der Waals surface area (Å²) in [5, 5.41) is 26.0. The molecule has 2 N–H and O–H groups in total. The van der Waals surface area contributed by atoms with Crippen LogP contribution in [0.4, 0.5) is 59.9 Å². The molecule has 8 aliphatic rings. The van der Waals surface area contributed by atoms with Crippen molar-refractivity contribution in [3.63, 3.8) is 0 Å². The van der Waals surface area contributed by atoms with Gasteiger partial charge < -0.3 is 49.7 Å². The molecule has 8 fully saturated rings. The normalized spacial score (nSPS) is 15.9. The number of benzene rings is 8. The van der Waals surface area contributed by atoms with Crippen molar-refractivity contribution >= 4 is 137 Å². The molecule has 8 aromatic heterocycles. The number of ether oxygens (including phenoxy) is 1. The van der Waals surface area contributed by atoms with Gasteiger partial charge in [-0.3, -0.25) is 0 Å². The number of para-hydroxylation sites is 2. The van der Waals surface area contributed by atoms with E-state index in [4.69, 9.17) is 40.4 Å². The summed E-state index contributed by atoms with van der Waals surface area (Å²) in [6, 6.07) is 62.4. The Kier molecular flexibility index (Phi) is 39.3. The highest BCUT2D eigenvalue weighted by Crippen LogP contribution is 2.41. The maximum absolute atomic E-state index is 13.2. The maximum atomic E-state index is 13.2. The van der Waals surface area contributed by atoms with Crippen molar-refractivity contribution in [3.8, 4) is 95.8 Å². The molecule has 18 nitrogen and oxygen atoms in total. The number of aromatic nitrogens is 8. The second-order valence-corrected chi connectivity index (χ2v) is 44.5. The first-order valence-corrected chi connectivity index (χ1v) is 58.9. The van der Waals surface area contributed by atoms with Crippen LogP contribution in [0.3, 0.4) is 0 Å². The van der Waals surface area contributed by atoms with Crippen LogP contribution in [0, 0.1) is 38.2 Å². The molecule has 758 valence electrons. The van der Waals surface area contributed by atoms with Crippen LogP contribution in [-0.4, -0.2) is 152 Å². The Morgan fingerprint density at radius 1 is 0.234 bits per heavy atom. The fraction of sp³-hybridized carbons (Fsp3) is 0.379. The van der Waals surface area contributed by atoms with Crippen LogP contribution in [-0.2, 0) is 0 Å². The van der Waals surface area contributed by atoms with E-state index >= 15 is 0 Å². The second-order valence-electron chi connectivity index (χ2n) is 37.8. The Bertz CT molecular complexity index is 6470. The molecule has 0 bridgehead atoms. The zero-order chi connectivity index (χ0) is 99.7. The summed E-state index contributed by atoms with van der Waals surface area (Å²) in [6.45, 7) is 24.6. The lowest BCUT2D eigenvalue weighted by atomic mass is 10.0. The number of hydrogen-bond acceptors (Lipinski definition) is 26. The first-order valence-electron chi connectivity index (χ1n) is 51.8. The number of anilines is 9. The van der Waals surface area contributed by atoms with Gasteiger partial charge in [-0.05, 0) is 253 Å². The summed E-state index contributed by atoms with van der Waals surface area (Å²) in [5.41, 5.74) is 27.5. The molecule has 16 heterocycles. The van der Waals surface area contributed by atoms with E-state index in [1.165, 1.54) is 284 Å². The van der Waals surface area contributed by atoms with Gasteiger partial charge in [-0.2, -0.15) is 0 Å². The van der Waals surface area contributed by atoms with Crippen molar-refractivity contribution in [3.05, 3.63) is 271 Å². The average Bonchev–Trinajstić information content (AvgIpc) is 1.73. The Labute approximate surface area is 886 Å². The Hall–Kier alpha value is -11.4. The first-order chi connectivity index (χ1) is 71.2. The van der Waals surface area contributed by atoms with Crippen LogP contribution in [0.25, 0.3) is 90.1 Å². The summed E-state index contributed by atoms with van der Waals surface area (Å²) in [6.07, 6.45) is 31.2. The van der Waals surface area contributed by atoms with Crippen LogP contribution >= 0.6 is 90.7 Å². The van der Waals surface area contributed by atoms with Crippen LogP contribution < -0.4 is 49.7 Å². The van der Waals surface area contributed by atoms with E-state index in [0.717, 1.165) is 147 Å². The molecule has 29 heteroatoms. The molecule has 0 radical (unpaired) electrons. The number of aryl methyl sites for hydroxylation is 3. The molecule has 0 unspecified atom stereocenters. The van der Waals surface area contributed by atoms with Gasteiger partial charge in [0.1, 0.15) is 11.6 Å². The molecule has 145 heavy (non-hydrogen) atoms. The lowest BCUT2D eigenvalue weighted by molar-refractivity contribution is 0.416. The molecule has 16 aromatic rings. The third-order valence-corrected chi connectivity index (χ3v) is 34.3. The smallest absolute Gasteiger partial charge is 0.185 e. The maximum Gasteiger partial charge on any atom is 0.185 e. The predicted octanol–water partition coefficient (Wildman–Crippen LogP) is 31.3. The lowest BCUT2D eigenvalue weighted by Crippen LogP contribution is -2.29. The molecule has 0 spiro atoms. The van der Waals surface area contributed by atoms with Gasteiger partial charge in [0, 0.05) is 198 Å². The minimum atomic E-state index is -0.829. The number of hydrogen-bond donors (Lipinski definition) is 1. The first kappa shape index (κ1) is 105. The number of nitrogen functional groups attached to an aromatic ring is 1. The molecular formula is C116H134F3N17OS8. The van der Waals surface area contributed by atoms with Crippen LogP contribution in [0.15, 0.2) is 237 Å². The van der Waals surface area contributed by atoms with E-state index in [-0.39, 0.29) is 5.82 Å². The molecular weight excluding hydrogens is 1960 g/mol. The van der Waals surface area contributed by atoms with E-state index in [1.807, 2.05) is 60.0 Å². The van der Waals surface area contributed by atoms with Crippen molar-refractivity contribution in [2.75, 3.05) is 157 Å². The highest BCUT2D eigenvalue weighted by Gasteiger charge is 2.25. The number of rotatable bonds is 17. The molecule has 8 aromatic carbocycles. The van der Waals surface area contributed by atoms with E-state index < -0.39 is 11.6 Å². The van der Waals surface area contributed by atoms with Gasteiger partial charge in [-0.1, -0.05) is 132 Å². The fourth-order valence-corrected chi connectivity index (χ4v) is 26.0. The molecule has 0 aliphatic carbocycles. The predicted molar refractivity (Wildman–Crippen MR) is 614 cm³/mol. The molecule has 0 saturated carbocycles. The van der Waals surface area contributed by atoms with Gasteiger partial charge >= 0.3 is 0 Å². The highest BCUT2D eigenvalue weighted by atomic mass is 32.1.